The van der Waals surface area contributed by atoms with Gasteiger partial charge < -0.3 is 5.11 Å². The predicted octanol–water partition coefficient (Wildman–Crippen LogP) is 2.30. The summed E-state index contributed by atoms with van der Waals surface area (Å²) >= 11 is 0. The van der Waals surface area contributed by atoms with Gasteiger partial charge in [-0.3, -0.25) is 4.98 Å². The van der Waals surface area contributed by atoms with Gasteiger partial charge in [-0.15, -0.1) is 0 Å². The van der Waals surface area contributed by atoms with Crippen LogP contribution in [-0.2, 0) is 6.18 Å². The summed E-state index contributed by atoms with van der Waals surface area (Å²) in [7, 11) is 0. The monoisotopic (exact) mass is 232 g/mol. The number of nitriles is 1. The Balaban J connectivity index is 0.000000385. The first-order valence-corrected chi connectivity index (χ1v) is 4.39. The van der Waals surface area contributed by atoms with E-state index < -0.39 is 11.7 Å². The molecule has 1 aromatic rings. The van der Waals surface area contributed by atoms with E-state index in [-0.39, 0.29) is 13.0 Å². The van der Waals surface area contributed by atoms with E-state index in [1.807, 2.05) is 0 Å². The number of aliphatic hydroxyl groups is 1. The molecule has 0 aliphatic carbocycles. The largest absolute Gasteiger partial charge is 0.416 e. The summed E-state index contributed by atoms with van der Waals surface area (Å²) < 4.78 is 35.8. The van der Waals surface area contributed by atoms with Crippen molar-refractivity contribution in [2.45, 2.75) is 19.5 Å². The maximum Gasteiger partial charge on any atom is 0.416 e. The van der Waals surface area contributed by atoms with Gasteiger partial charge in [0.2, 0.25) is 0 Å². The standard InChI is InChI=1S/C7H6F3N.C3H5NO/c1-5-4-6(2-3-11-5)7(8,9)10;4-2-1-3-5/h2-4H,1H3;5H,1,3H2. The maximum absolute atomic E-state index is 11.9. The van der Waals surface area contributed by atoms with Gasteiger partial charge in [0, 0.05) is 11.9 Å². The summed E-state index contributed by atoms with van der Waals surface area (Å²) in [5.74, 6) is 0. The highest BCUT2D eigenvalue weighted by atomic mass is 19.4. The van der Waals surface area contributed by atoms with Crippen molar-refractivity contribution < 1.29 is 18.3 Å². The van der Waals surface area contributed by atoms with Gasteiger partial charge in [-0.25, -0.2) is 0 Å². The summed E-state index contributed by atoms with van der Waals surface area (Å²) in [5.41, 5.74) is -0.273. The summed E-state index contributed by atoms with van der Waals surface area (Å²) in [6.45, 7) is 1.51. The zero-order chi connectivity index (χ0) is 12.6. The molecule has 6 heteroatoms. The van der Waals surface area contributed by atoms with Gasteiger partial charge in [0.1, 0.15) is 0 Å². The van der Waals surface area contributed by atoms with Crippen molar-refractivity contribution in [1.82, 2.24) is 4.98 Å². The lowest BCUT2D eigenvalue weighted by atomic mass is 10.2. The third-order valence-corrected chi connectivity index (χ3v) is 1.45. The Morgan fingerprint density at radius 1 is 1.50 bits per heavy atom. The van der Waals surface area contributed by atoms with Crippen LogP contribution in [0.3, 0.4) is 0 Å². The lowest BCUT2D eigenvalue weighted by Gasteiger charge is -2.05. The molecule has 0 bridgehead atoms. The zero-order valence-corrected chi connectivity index (χ0v) is 8.62. The van der Waals surface area contributed by atoms with E-state index in [1.54, 1.807) is 6.07 Å². The fourth-order valence-electron chi connectivity index (χ4n) is 0.772. The third-order valence-electron chi connectivity index (χ3n) is 1.45. The van der Waals surface area contributed by atoms with Crippen LogP contribution in [0.25, 0.3) is 0 Å². The predicted molar refractivity (Wildman–Crippen MR) is 51.3 cm³/mol. The summed E-state index contributed by atoms with van der Waals surface area (Å²) in [5, 5.41) is 15.5. The van der Waals surface area contributed by atoms with Gasteiger partial charge in [-0.1, -0.05) is 0 Å². The Kier molecular flexibility index (Phi) is 6.11. The van der Waals surface area contributed by atoms with Gasteiger partial charge in [0.15, 0.2) is 0 Å². The molecule has 1 heterocycles. The van der Waals surface area contributed by atoms with E-state index in [4.69, 9.17) is 10.4 Å². The number of aromatic nitrogens is 1. The smallest absolute Gasteiger partial charge is 0.395 e. The topological polar surface area (TPSA) is 56.9 Å². The molecule has 0 radical (unpaired) electrons. The van der Waals surface area contributed by atoms with Crippen molar-refractivity contribution in [3.8, 4) is 6.07 Å². The summed E-state index contributed by atoms with van der Waals surface area (Å²) in [6.07, 6.45) is -2.86. The second-order valence-corrected chi connectivity index (χ2v) is 2.82. The van der Waals surface area contributed by atoms with E-state index in [1.165, 1.54) is 6.92 Å². The average molecular weight is 232 g/mol. The number of halogens is 3. The first kappa shape index (κ1) is 14.4. The molecule has 0 aromatic carbocycles. The number of aryl methyl sites for hydroxylation is 1. The number of alkyl halides is 3. The van der Waals surface area contributed by atoms with E-state index in [0.29, 0.717) is 5.69 Å². The zero-order valence-electron chi connectivity index (χ0n) is 8.62. The van der Waals surface area contributed by atoms with Crippen LogP contribution in [0.5, 0.6) is 0 Å². The number of rotatable bonds is 1. The molecule has 88 valence electrons. The molecule has 0 atom stereocenters. The van der Waals surface area contributed by atoms with Crippen molar-refractivity contribution >= 4 is 0 Å². The van der Waals surface area contributed by atoms with Gasteiger partial charge in [0.25, 0.3) is 0 Å². The number of aliphatic hydroxyl groups excluding tert-OH is 1. The summed E-state index contributed by atoms with van der Waals surface area (Å²) in [6, 6.07) is 3.73. The second kappa shape index (κ2) is 6.80. The van der Waals surface area contributed by atoms with Crippen LogP contribution in [0.15, 0.2) is 18.3 Å². The lowest BCUT2D eigenvalue weighted by Crippen LogP contribution is -2.05. The van der Waals surface area contributed by atoms with E-state index in [2.05, 4.69) is 4.98 Å². The molecule has 0 fully saturated rings. The Morgan fingerprint density at radius 3 is 2.38 bits per heavy atom. The van der Waals surface area contributed by atoms with Crippen LogP contribution in [-0.4, -0.2) is 16.7 Å². The third kappa shape index (κ3) is 5.98. The molecule has 0 spiro atoms. The van der Waals surface area contributed by atoms with Gasteiger partial charge in [0.05, 0.1) is 24.7 Å². The minimum atomic E-state index is -4.26. The lowest BCUT2D eigenvalue weighted by molar-refractivity contribution is -0.137. The Labute approximate surface area is 91.2 Å². The Morgan fingerprint density at radius 2 is 2.12 bits per heavy atom. The molecule has 3 nitrogen and oxygen atoms in total. The van der Waals surface area contributed by atoms with Gasteiger partial charge in [-0.05, 0) is 19.1 Å². The number of hydrogen-bond acceptors (Lipinski definition) is 3. The molecule has 1 rings (SSSR count). The van der Waals surface area contributed by atoms with E-state index in [9.17, 15) is 13.2 Å². The molecule has 0 saturated heterocycles. The van der Waals surface area contributed by atoms with Crippen LogP contribution in [0.1, 0.15) is 17.7 Å². The molecular weight excluding hydrogens is 221 g/mol. The fourth-order valence-corrected chi connectivity index (χ4v) is 0.772. The Bertz CT molecular complexity index is 358. The molecule has 1 N–H and O–H groups in total. The highest BCUT2D eigenvalue weighted by Crippen LogP contribution is 2.28. The summed E-state index contributed by atoms with van der Waals surface area (Å²) in [4.78, 5) is 3.65. The van der Waals surface area contributed by atoms with Crippen molar-refractivity contribution in [3.05, 3.63) is 29.6 Å². The minimum absolute atomic E-state index is 0.0174. The molecule has 0 aliphatic heterocycles. The minimum Gasteiger partial charge on any atom is -0.395 e. The van der Waals surface area contributed by atoms with E-state index in [0.717, 1.165) is 18.3 Å². The van der Waals surface area contributed by atoms with Gasteiger partial charge >= 0.3 is 6.18 Å². The molecule has 0 saturated carbocycles. The first-order chi connectivity index (χ1) is 7.41. The number of hydrogen-bond donors (Lipinski definition) is 1. The molecular formula is C10H11F3N2O. The molecule has 0 amide bonds. The average Bonchev–Trinajstić information content (AvgIpc) is 2.18. The van der Waals surface area contributed by atoms with Gasteiger partial charge in [-0.2, -0.15) is 18.4 Å². The molecule has 1 aromatic heterocycles. The SMILES string of the molecule is Cc1cc(C(F)(F)F)ccn1.N#CCCO. The number of nitrogens with zero attached hydrogens (tertiary/aromatic N) is 2. The van der Waals surface area contributed by atoms with Crippen LogP contribution in [0.4, 0.5) is 13.2 Å². The normalized spacial score (nSPS) is 10.0. The second-order valence-electron chi connectivity index (χ2n) is 2.82. The fraction of sp³-hybridized carbons (Fsp3) is 0.400. The van der Waals surface area contributed by atoms with Crippen LogP contribution in [0, 0.1) is 18.3 Å². The highest BCUT2D eigenvalue weighted by Gasteiger charge is 2.30. The maximum atomic E-state index is 11.9. The quantitative estimate of drug-likeness (QED) is 0.808. The molecule has 16 heavy (non-hydrogen) atoms. The van der Waals surface area contributed by atoms with Crippen molar-refractivity contribution in [2.24, 2.45) is 0 Å². The van der Waals surface area contributed by atoms with Crippen LogP contribution in [0.2, 0.25) is 0 Å². The number of pyridine rings is 1. The van der Waals surface area contributed by atoms with Crippen molar-refractivity contribution in [1.29, 1.82) is 5.26 Å². The van der Waals surface area contributed by atoms with Crippen molar-refractivity contribution in [2.75, 3.05) is 6.61 Å². The molecule has 0 unspecified atom stereocenters. The molecule has 0 aliphatic rings. The van der Waals surface area contributed by atoms with E-state index >= 15 is 0 Å². The van der Waals surface area contributed by atoms with Crippen LogP contribution < -0.4 is 0 Å². The first-order valence-electron chi connectivity index (χ1n) is 4.39. The Hall–Kier alpha value is -1.61. The van der Waals surface area contributed by atoms with Crippen molar-refractivity contribution in [3.63, 3.8) is 0 Å². The van der Waals surface area contributed by atoms with Crippen LogP contribution >= 0.6 is 0 Å². The highest BCUT2D eigenvalue weighted by molar-refractivity contribution is 5.18.